The van der Waals surface area contributed by atoms with Gasteiger partial charge in [-0.3, -0.25) is 19.5 Å². The lowest BCUT2D eigenvalue weighted by Crippen LogP contribution is -2.26. The van der Waals surface area contributed by atoms with Gasteiger partial charge in [-0.15, -0.1) is 0 Å². The molecule has 0 fully saturated rings. The van der Waals surface area contributed by atoms with Crippen molar-refractivity contribution in [3.8, 4) is 5.69 Å². The Morgan fingerprint density at radius 2 is 1.67 bits per heavy atom. The summed E-state index contributed by atoms with van der Waals surface area (Å²) < 4.78 is 6.45. The van der Waals surface area contributed by atoms with Gasteiger partial charge in [-0.2, -0.15) is 0 Å². The molecule has 0 unspecified atom stereocenters. The summed E-state index contributed by atoms with van der Waals surface area (Å²) in [5, 5.41) is 2.79. The topological polar surface area (TPSA) is 116 Å². The number of nitrogens with zero attached hydrogens (tertiary/aromatic N) is 4. The van der Waals surface area contributed by atoms with Crippen LogP contribution in [0.2, 0.25) is 0 Å². The molecule has 9 nitrogen and oxygen atoms in total. The Morgan fingerprint density at radius 3 is 2.31 bits per heavy atom. The second kappa shape index (κ2) is 12.3. The van der Waals surface area contributed by atoms with Gasteiger partial charge in [0.15, 0.2) is 0 Å². The summed E-state index contributed by atoms with van der Waals surface area (Å²) in [6.45, 7) is 7.94. The Bertz CT molecular complexity index is 1400. The lowest BCUT2D eigenvalue weighted by atomic mass is 10.1. The van der Waals surface area contributed by atoms with E-state index in [1.807, 2.05) is 51.1 Å². The first-order valence-electron chi connectivity index (χ1n) is 11.9. The third kappa shape index (κ3) is 5.63. The molecule has 0 saturated carbocycles. The predicted octanol–water partition coefficient (Wildman–Crippen LogP) is 4.58. The van der Waals surface area contributed by atoms with Gasteiger partial charge in [-0.25, -0.2) is 19.7 Å². The van der Waals surface area contributed by atoms with E-state index < -0.39 is 11.9 Å². The Labute approximate surface area is 209 Å². The number of esters is 1. The van der Waals surface area contributed by atoms with Crippen LogP contribution in [0.3, 0.4) is 0 Å². The fourth-order valence-electron chi connectivity index (χ4n) is 3.58. The maximum Gasteiger partial charge on any atom is 0.341 e. The number of aromatic nitrogens is 4. The maximum absolute atomic E-state index is 13.6. The van der Waals surface area contributed by atoms with E-state index in [0.717, 1.165) is 6.42 Å². The molecule has 2 heterocycles. The van der Waals surface area contributed by atoms with Crippen LogP contribution >= 0.6 is 0 Å². The number of hydrogen-bond donors (Lipinski definition) is 1. The van der Waals surface area contributed by atoms with Crippen LogP contribution in [0.5, 0.6) is 0 Å². The van der Waals surface area contributed by atoms with Gasteiger partial charge in [0.25, 0.3) is 11.5 Å². The number of anilines is 1. The lowest BCUT2D eigenvalue weighted by molar-refractivity contribution is 0.0525. The van der Waals surface area contributed by atoms with Crippen molar-refractivity contribution in [3.63, 3.8) is 0 Å². The highest BCUT2D eigenvalue weighted by molar-refractivity contribution is 6.11. The number of carbonyl (C=O) groups excluding carboxylic acids is 2. The molecule has 0 aliphatic heterocycles. The Morgan fingerprint density at radius 1 is 0.972 bits per heavy atom. The summed E-state index contributed by atoms with van der Waals surface area (Å²) >= 11 is 0. The van der Waals surface area contributed by atoms with E-state index in [1.54, 1.807) is 29.7 Å². The number of hydrogen-bond acceptors (Lipinski definition) is 7. The van der Waals surface area contributed by atoms with Crippen LogP contribution < -0.4 is 10.9 Å². The Kier molecular flexibility index (Phi) is 8.99. The number of benzene rings is 2. The summed E-state index contributed by atoms with van der Waals surface area (Å²) in [6, 6.07) is 14.2. The average molecular weight is 488 g/mol. The fraction of sp³-hybridized carbons (Fsp3) is 0.259. The molecule has 9 heteroatoms. The third-order valence-electron chi connectivity index (χ3n) is 5.09. The van der Waals surface area contributed by atoms with Crippen molar-refractivity contribution in [2.24, 2.45) is 0 Å². The molecule has 0 atom stereocenters. The molecule has 4 aromatic rings. The first kappa shape index (κ1) is 26.2. The molecule has 186 valence electrons. The summed E-state index contributed by atoms with van der Waals surface area (Å²) in [5.74, 6) is -0.489. The molecule has 0 aliphatic carbocycles. The highest BCUT2D eigenvalue weighted by atomic mass is 16.5. The molecule has 0 aliphatic rings. The van der Waals surface area contributed by atoms with E-state index in [2.05, 4.69) is 15.3 Å². The SMILES string of the molecule is CC.CCCc1nc2cccc(C(=O)Nc3ncc(C(=O)OCC)cn3)c2c(=O)n1-c1ccccc1. The van der Waals surface area contributed by atoms with Crippen molar-refractivity contribution in [1.82, 2.24) is 19.5 Å². The molecule has 2 aromatic heterocycles. The summed E-state index contributed by atoms with van der Waals surface area (Å²) in [5.41, 5.74) is 1.11. The molecular formula is C27H29N5O4. The highest BCUT2D eigenvalue weighted by Gasteiger charge is 2.19. The van der Waals surface area contributed by atoms with E-state index in [1.165, 1.54) is 12.4 Å². The van der Waals surface area contributed by atoms with Gasteiger partial charge in [-0.05, 0) is 37.6 Å². The molecule has 0 saturated heterocycles. The first-order valence-corrected chi connectivity index (χ1v) is 11.9. The van der Waals surface area contributed by atoms with Gasteiger partial charge in [0.2, 0.25) is 5.95 Å². The second-order valence-electron chi connectivity index (χ2n) is 7.42. The van der Waals surface area contributed by atoms with Crippen LogP contribution in [0.25, 0.3) is 16.6 Å². The van der Waals surface area contributed by atoms with E-state index in [-0.39, 0.29) is 34.6 Å². The average Bonchev–Trinajstić information content (AvgIpc) is 2.91. The van der Waals surface area contributed by atoms with Gasteiger partial charge in [0.1, 0.15) is 5.82 Å². The van der Waals surface area contributed by atoms with Crippen molar-refractivity contribution in [3.05, 3.63) is 88.2 Å². The minimum Gasteiger partial charge on any atom is -0.462 e. The summed E-state index contributed by atoms with van der Waals surface area (Å²) in [6.07, 6.45) is 3.95. The summed E-state index contributed by atoms with van der Waals surface area (Å²) in [4.78, 5) is 51.2. The molecular weight excluding hydrogens is 458 g/mol. The Balaban J connectivity index is 0.00000176. The monoisotopic (exact) mass is 487 g/mol. The molecule has 1 amide bonds. The van der Waals surface area contributed by atoms with E-state index in [4.69, 9.17) is 9.72 Å². The number of para-hydroxylation sites is 1. The fourth-order valence-corrected chi connectivity index (χ4v) is 3.58. The molecule has 4 rings (SSSR count). The van der Waals surface area contributed by atoms with Gasteiger partial charge in [0, 0.05) is 18.8 Å². The van der Waals surface area contributed by atoms with Crippen molar-refractivity contribution in [2.75, 3.05) is 11.9 Å². The zero-order valence-electron chi connectivity index (χ0n) is 20.8. The van der Waals surface area contributed by atoms with Crippen LogP contribution in [0.1, 0.15) is 60.7 Å². The van der Waals surface area contributed by atoms with Gasteiger partial charge < -0.3 is 4.74 Å². The third-order valence-corrected chi connectivity index (χ3v) is 5.09. The van der Waals surface area contributed by atoms with Crippen LogP contribution in [0, 0.1) is 0 Å². The minimum absolute atomic E-state index is 0.00556. The normalized spacial score (nSPS) is 10.3. The summed E-state index contributed by atoms with van der Waals surface area (Å²) in [7, 11) is 0. The van der Waals surface area contributed by atoms with E-state index >= 15 is 0 Å². The van der Waals surface area contributed by atoms with Crippen LogP contribution in [0.15, 0.2) is 65.7 Å². The van der Waals surface area contributed by atoms with Crippen molar-refractivity contribution < 1.29 is 14.3 Å². The van der Waals surface area contributed by atoms with Gasteiger partial charge in [0.05, 0.1) is 34.3 Å². The van der Waals surface area contributed by atoms with Crippen molar-refractivity contribution in [1.29, 1.82) is 0 Å². The maximum atomic E-state index is 13.6. The van der Waals surface area contributed by atoms with Crippen LogP contribution in [-0.4, -0.2) is 38.0 Å². The number of nitrogens with one attached hydrogen (secondary N) is 1. The number of ether oxygens (including phenoxy) is 1. The number of rotatable bonds is 7. The smallest absolute Gasteiger partial charge is 0.341 e. The highest BCUT2D eigenvalue weighted by Crippen LogP contribution is 2.18. The van der Waals surface area contributed by atoms with Crippen molar-refractivity contribution in [2.45, 2.75) is 40.5 Å². The van der Waals surface area contributed by atoms with E-state index in [9.17, 15) is 14.4 Å². The molecule has 0 radical (unpaired) electrons. The minimum atomic E-state index is -0.559. The first-order chi connectivity index (χ1) is 17.5. The number of amides is 1. The molecule has 1 N–H and O–H groups in total. The van der Waals surface area contributed by atoms with Gasteiger partial charge in [-0.1, -0.05) is 45.0 Å². The largest absolute Gasteiger partial charge is 0.462 e. The zero-order chi connectivity index (χ0) is 26.1. The molecule has 36 heavy (non-hydrogen) atoms. The van der Waals surface area contributed by atoms with E-state index in [0.29, 0.717) is 23.4 Å². The second-order valence-corrected chi connectivity index (χ2v) is 7.42. The molecule has 2 aromatic carbocycles. The standard InChI is InChI=1S/C25H23N5O4.C2H6/c1-3-9-20-28-19-13-8-12-18(21(19)23(32)30(20)17-10-6-5-7-11-17)22(31)29-25-26-14-16(15-27-25)24(33)34-4-2;1-2/h5-8,10-15H,3-4,9H2,1-2H3,(H,26,27,29,31);1-2H3. The van der Waals surface area contributed by atoms with Gasteiger partial charge >= 0.3 is 5.97 Å². The number of fused-ring (bicyclic) bond motifs is 1. The number of aryl methyl sites for hydroxylation is 1. The molecule has 0 spiro atoms. The van der Waals surface area contributed by atoms with Crippen LogP contribution in [-0.2, 0) is 11.2 Å². The molecule has 0 bridgehead atoms. The number of carbonyl (C=O) groups is 2. The lowest BCUT2D eigenvalue weighted by Gasteiger charge is -2.14. The Hall–Kier alpha value is -4.40. The van der Waals surface area contributed by atoms with Crippen LogP contribution in [0.4, 0.5) is 5.95 Å². The van der Waals surface area contributed by atoms with Crippen molar-refractivity contribution >= 4 is 28.7 Å². The predicted molar refractivity (Wildman–Crippen MR) is 139 cm³/mol. The zero-order valence-corrected chi connectivity index (χ0v) is 20.8. The quantitative estimate of drug-likeness (QED) is 0.379.